The van der Waals surface area contributed by atoms with Crippen LogP contribution in [0.5, 0.6) is 0 Å². The van der Waals surface area contributed by atoms with Crippen molar-refractivity contribution in [1.29, 1.82) is 0 Å². The van der Waals surface area contributed by atoms with Crippen LogP contribution in [0.2, 0.25) is 0 Å². The lowest BCUT2D eigenvalue weighted by atomic mass is 10.1. The van der Waals surface area contributed by atoms with E-state index in [0.717, 1.165) is 13.1 Å². The molecule has 0 aliphatic carbocycles. The summed E-state index contributed by atoms with van der Waals surface area (Å²) in [6.45, 7) is 10.7. The van der Waals surface area contributed by atoms with Gasteiger partial charge in [-0.1, -0.05) is 19.8 Å². The van der Waals surface area contributed by atoms with Crippen LogP contribution in [0.4, 0.5) is 0 Å². The molecule has 1 rings (SSSR count). The summed E-state index contributed by atoms with van der Waals surface area (Å²) in [6.07, 6.45) is 5.66. The van der Waals surface area contributed by atoms with Crippen LogP contribution in [0.1, 0.15) is 52.7 Å². The van der Waals surface area contributed by atoms with Crippen molar-refractivity contribution >= 4 is 0 Å². The second kappa shape index (κ2) is 6.04. The van der Waals surface area contributed by atoms with Gasteiger partial charge in [-0.3, -0.25) is 4.68 Å². The Morgan fingerprint density at radius 3 is 2.69 bits per heavy atom. The Morgan fingerprint density at radius 1 is 1.31 bits per heavy atom. The average molecular weight is 223 g/mol. The first-order valence-corrected chi connectivity index (χ1v) is 6.28. The maximum atomic E-state index is 4.37. The fourth-order valence-electron chi connectivity index (χ4n) is 1.58. The lowest BCUT2D eigenvalue weighted by molar-refractivity contribution is 0.409. The zero-order valence-corrected chi connectivity index (χ0v) is 11.1. The van der Waals surface area contributed by atoms with Gasteiger partial charge in [-0.15, -0.1) is 0 Å². The van der Waals surface area contributed by atoms with E-state index in [1.165, 1.54) is 25.0 Å². The van der Waals surface area contributed by atoms with Crippen molar-refractivity contribution in [3.8, 4) is 0 Å². The summed E-state index contributed by atoms with van der Waals surface area (Å²) in [6, 6.07) is 2.10. The van der Waals surface area contributed by atoms with Crippen LogP contribution < -0.4 is 5.32 Å². The summed E-state index contributed by atoms with van der Waals surface area (Å²) in [4.78, 5) is 0. The highest BCUT2D eigenvalue weighted by Crippen LogP contribution is 2.06. The molecule has 3 heteroatoms. The van der Waals surface area contributed by atoms with Crippen molar-refractivity contribution in [2.24, 2.45) is 0 Å². The third-order valence-electron chi connectivity index (χ3n) is 2.58. The Labute approximate surface area is 99.2 Å². The molecule has 0 amide bonds. The normalized spacial score (nSPS) is 12.0. The first-order valence-electron chi connectivity index (χ1n) is 6.28. The predicted octanol–water partition coefficient (Wildman–Crippen LogP) is 2.96. The Balaban J connectivity index is 2.44. The second-order valence-electron chi connectivity index (χ2n) is 5.36. The quantitative estimate of drug-likeness (QED) is 0.751. The smallest absolute Gasteiger partial charge is 0.0522 e. The summed E-state index contributed by atoms with van der Waals surface area (Å²) in [5.41, 5.74) is 1.45. The molecule has 0 saturated carbocycles. The molecule has 16 heavy (non-hydrogen) atoms. The lowest BCUT2D eigenvalue weighted by Crippen LogP contribution is -2.35. The largest absolute Gasteiger partial charge is 0.306 e. The van der Waals surface area contributed by atoms with Crippen LogP contribution in [-0.2, 0) is 13.1 Å². The average Bonchev–Trinajstić information content (AvgIpc) is 2.62. The lowest BCUT2D eigenvalue weighted by Gasteiger charge is -2.20. The maximum absolute atomic E-state index is 4.37. The summed E-state index contributed by atoms with van der Waals surface area (Å²) >= 11 is 0. The van der Waals surface area contributed by atoms with Gasteiger partial charge in [0.05, 0.1) is 5.69 Å². The van der Waals surface area contributed by atoms with Crippen molar-refractivity contribution in [1.82, 2.24) is 15.1 Å². The van der Waals surface area contributed by atoms with Gasteiger partial charge in [-0.25, -0.2) is 0 Å². The van der Waals surface area contributed by atoms with Crippen molar-refractivity contribution in [2.75, 3.05) is 0 Å². The van der Waals surface area contributed by atoms with Crippen molar-refractivity contribution in [2.45, 2.75) is 65.6 Å². The summed E-state index contributed by atoms with van der Waals surface area (Å²) in [5, 5.41) is 7.86. The van der Waals surface area contributed by atoms with Gasteiger partial charge in [0.1, 0.15) is 0 Å². The van der Waals surface area contributed by atoms with E-state index < -0.39 is 0 Å². The van der Waals surface area contributed by atoms with E-state index in [9.17, 15) is 0 Å². The molecule has 0 atom stereocenters. The summed E-state index contributed by atoms with van der Waals surface area (Å²) in [7, 11) is 0. The Morgan fingerprint density at radius 2 is 2.06 bits per heavy atom. The maximum Gasteiger partial charge on any atom is 0.0522 e. The van der Waals surface area contributed by atoms with E-state index in [1.807, 2.05) is 6.20 Å². The number of aromatic nitrogens is 2. The molecule has 0 aliphatic rings. The minimum atomic E-state index is 0.165. The third-order valence-corrected chi connectivity index (χ3v) is 2.58. The molecular weight excluding hydrogens is 198 g/mol. The fraction of sp³-hybridized carbons (Fsp3) is 0.769. The number of rotatable bonds is 6. The number of aryl methyl sites for hydroxylation is 1. The number of hydrogen-bond donors (Lipinski definition) is 1. The zero-order valence-electron chi connectivity index (χ0n) is 11.1. The molecule has 0 unspecified atom stereocenters. The fourth-order valence-corrected chi connectivity index (χ4v) is 1.58. The molecule has 0 aromatic carbocycles. The SMILES string of the molecule is CCCCCn1nccc1CNC(C)(C)C. The van der Waals surface area contributed by atoms with E-state index in [2.05, 4.69) is 48.9 Å². The van der Waals surface area contributed by atoms with E-state index in [4.69, 9.17) is 0 Å². The van der Waals surface area contributed by atoms with Gasteiger partial charge in [-0.2, -0.15) is 5.10 Å². The van der Waals surface area contributed by atoms with Crippen LogP contribution >= 0.6 is 0 Å². The molecule has 0 saturated heterocycles. The monoisotopic (exact) mass is 223 g/mol. The molecular formula is C13H25N3. The van der Waals surface area contributed by atoms with E-state index in [0.29, 0.717) is 0 Å². The van der Waals surface area contributed by atoms with Crippen molar-refractivity contribution in [3.63, 3.8) is 0 Å². The minimum Gasteiger partial charge on any atom is -0.306 e. The molecule has 92 valence electrons. The Hall–Kier alpha value is -0.830. The highest BCUT2D eigenvalue weighted by atomic mass is 15.3. The highest BCUT2D eigenvalue weighted by Gasteiger charge is 2.10. The number of hydrogen-bond acceptors (Lipinski definition) is 2. The molecule has 3 nitrogen and oxygen atoms in total. The van der Waals surface area contributed by atoms with Crippen molar-refractivity contribution in [3.05, 3.63) is 18.0 Å². The highest BCUT2D eigenvalue weighted by molar-refractivity contribution is 5.00. The molecule has 1 aromatic rings. The van der Waals surface area contributed by atoms with Gasteiger partial charge >= 0.3 is 0 Å². The molecule has 0 bridgehead atoms. The van der Waals surface area contributed by atoms with Crippen LogP contribution in [0, 0.1) is 0 Å². The molecule has 0 fully saturated rings. The molecule has 1 heterocycles. The first-order chi connectivity index (χ1) is 7.53. The van der Waals surface area contributed by atoms with Crippen molar-refractivity contribution < 1.29 is 0 Å². The van der Waals surface area contributed by atoms with Gasteiger partial charge in [-0.05, 0) is 33.3 Å². The van der Waals surface area contributed by atoms with Gasteiger partial charge < -0.3 is 5.32 Å². The molecule has 0 spiro atoms. The Kier molecular flexibility index (Phi) is 5.00. The number of nitrogens with one attached hydrogen (secondary N) is 1. The van der Waals surface area contributed by atoms with Crippen LogP contribution in [0.3, 0.4) is 0 Å². The zero-order chi connectivity index (χ0) is 12.0. The number of unbranched alkanes of at least 4 members (excludes halogenated alkanes) is 2. The predicted molar refractivity (Wildman–Crippen MR) is 68.3 cm³/mol. The Bertz CT molecular complexity index is 296. The topological polar surface area (TPSA) is 29.9 Å². The van der Waals surface area contributed by atoms with Gasteiger partial charge in [0.2, 0.25) is 0 Å². The van der Waals surface area contributed by atoms with Crippen LogP contribution in [-0.4, -0.2) is 15.3 Å². The number of nitrogens with zero attached hydrogens (tertiary/aromatic N) is 2. The minimum absolute atomic E-state index is 0.165. The first kappa shape index (κ1) is 13.2. The standard InChI is InChI=1S/C13H25N3/c1-5-6-7-10-16-12(8-9-15-16)11-14-13(2,3)4/h8-9,14H,5-7,10-11H2,1-4H3. The van der Waals surface area contributed by atoms with Crippen LogP contribution in [0.25, 0.3) is 0 Å². The molecule has 1 aromatic heterocycles. The summed E-state index contributed by atoms with van der Waals surface area (Å²) < 4.78 is 2.12. The van der Waals surface area contributed by atoms with E-state index in [1.54, 1.807) is 0 Å². The summed E-state index contributed by atoms with van der Waals surface area (Å²) in [5.74, 6) is 0. The van der Waals surface area contributed by atoms with Gasteiger partial charge in [0, 0.05) is 24.8 Å². The van der Waals surface area contributed by atoms with Gasteiger partial charge in [0.15, 0.2) is 0 Å². The van der Waals surface area contributed by atoms with Gasteiger partial charge in [0.25, 0.3) is 0 Å². The molecule has 0 radical (unpaired) electrons. The molecule has 0 aliphatic heterocycles. The second-order valence-corrected chi connectivity index (χ2v) is 5.36. The molecule has 1 N–H and O–H groups in total. The van der Waals surface area contributed by atoms with E-state index >= 15 is 0 Å². The third kappa shape index (κ3) is 4.79. The van der Waals surface area contributed by atoms with Crippen LogP contribution in [0.15, 0.2) is 12.3 Å². The van der Waals surface area contributed by atoms with E-state index in [-0.39, 0.29) is 5.54 Å².